The highest BCUT2D eigenvalue weighted by Crippen LogP contribution is 2.31. The fraction of sp³-hybridized carbons (Fsp3) is 0.316. The molecule has 1 aliphatic rings. The van der Waals surface area contributed by atoms with Gasteiger partial charge in [-0.05, 0) is 48.9 Å². The van der Waals surface area contributed by atoms with Crippen LogP contribution in [0.15, 0.2) is 42.5 Å². The molecule has 1 fully saturated rings. The summed E-state index contributed by atoms with van der Waals surface area (Å²) in [6.45, 7) is 5.34. The van der Waals surface area contributed by atoms with Gasteiger partial charge in [0, 0.05) is 43.1 Å². The first-order valence-corrected chi connectivity index (χ1v) is 8.39. The number of carbonyl (C=O) groups is 1. The smallest absolute Gasteiger partial charge is 0.369 e. The molecule has 0 aliphatic carbocycles. The number of hydrogen-bond donors (Lipinski definition) is 2. The first kappa shape index (κ1) is 18.3. The summed E-state index contributed by atoms with van der Waals surface area (Å²) in [7, 11) is 0. The Balaban J connectivity index is 1.80. The topological polar surface area (TPSA) is 44.4 Å². The Morgan fingerprint density at radius 1 is 1.12 bits per heavy atom. The highest BCUT2D eigenvalue weighted by atomic mass is 19.4. The fourth-order valence-electron chi connectivity index (χ4n) is 2.98. The molecule has 0 atom stereocenters. The average molecular weight is 363 g/mol. The van der Waals surface area contributed by atoms with Gasteiger partial charge in [-0.25, -0.2) is 0 Å². The van der Waals surface area contributed by atoms with Crippen molar-refractivity contribution in [1.29, 1.82) is 0 Å². The standard InChI is InChI=1S/C19H20F3N3O/c1-13-9-14(11-17(10-13)25-7-5-23-6-8-25)18(26)24-16-4-2-3-15(12-16)19(20,21)22/h2-4,9-12,23H,5-8H2,1H3,(H,24,26). The van der Waals surface area contributed by atoms with Gasteiger partial charge in [-0.2, -0.15) is 13.2 Å². The summed E-state index contributed by atoms with van der Waals surface area (Å²) in [5, 5.41) is 5.83. The van der Waals surface area contributed by atoms with Crippen LogP contribution >= 0.6 is 0 Å². The molecule has 7 heteroatoms. The second kappa shape index (κ2) is 7.37. The summed E-state index contributed by atoms with van der Waals surface area (Å²) >= 11 is 0. The van der Waals surface area contributed by atoms with Crippen molar-refractivity contribution in [2.45, 2.75) is 13.1 Å². The zero-order chi connectivity index (χ0) is 18.7. The molecule has 26 heavy (non-hydrogen) atoms. The number of halogens is 3. The molecule has 0 unspecified atom stereocenters. The maximum absolute atomic E-state index is 12.8. The number of anilines is 2. The normalized spacial score (nSPS) is 15.0. The van der Waals surface area contributed by atoms with E-state index in [0.717, 1.165) is 49.6 Å². The predicted molar refractivity (Wildman–Crippen MR) is 95.7 cm³/mol. The molecule has 1 aliphatic heterocycles. The number of hydrogen-bond acceptors (Lipinski definition) is 3. The number of carbonyl (C=O) groups excluding carboxylic acids is 1. The summed E-state index contributed by atoms with van der Waals surface area (Å²) in [5.41, 5.74) is 1.63. The van der Waals surface area contributed by atoms with Crippen molar-refractivity contribution in [1.82, 2.24) is 5.32 Å². The van der Waals surface area contributed by atoms with E-state index in [1.54, 1.807) is 12.1 Å². The number of nitrogens with one attached hydrogen (secondary N) is 2. The van der Waals surface area contributed by atoms with E-state index in [2.05, 4.69) is 15.5 Å². The number of amides is 1. The van der Waals surface area contributed by atoms with Crippen molar-refractivity contribution in [3.05, 3.63) is 59.2 Å². The van der Waals surface area contributed by atoms with Gasteiger partial charge in [0.1, 0.15) is 0 Å². The van der Waals surface area contributed by atoms with E-state index in [-0.39, 0.29) is 5.69 Å². The SMILES string of the molecule is Cc1cc(C(=O)Nc2cccc(C(F)(F)F)c2)cc(N2CCNCC2)c1. The molecule has 0 saturated carbocycles. The molecule has 138 valence electrons. The lowest BCUT2D eigenvalue weighted by molar-refractivity contribution is -0.137. The number of rotatable bonds is 3. The predicted octanol–water partition coefficient (Wildman–Crippen LogP) is 3.68. The molecule has 0 spiro atoms. The van der Waals surface area contributed by atoms with Crippen LogP contribution in [-0.2, 0) is 6.18 Å². The van der Waals surface area contributed by atoms with Gasteiger partial charge in [0.2, 0.25) is 0 Å². The van der Waals surface area contributed by atoms with E-state index in [1.165, 1.54) is 12.1 Å². The minimum atomic E-state index is -4.44. The molecule has 2 N–H and O–H groups in total. The molecule has 0 aromatic heterocycles. The molecule has 1 heterocycles. The summed E-state index contributed by atoms with van der Waals surface area (Å²) < 4.78 is 38.4. The van der Waals surface area contributed by atoms with Gasteiger partial charge in [-0.1, -0.05) is 6.07 Å². The first-order valence-electron chi connectivity index (χ1n) is 8.39. The third-order valence-electron chi connectivity index (χ3n) is 4.25. The second-order valence-electron chi connectivity index (χ2n) is 6.33. The minimum Gasteiger partial charge on any atom is -0.369 e. The maximum atomic E-state index is 12.8. The Bertz CT molecular complexity index is 799. The Hall–Kier alpha value is -2.54. The second-order valence-corrected chi connectivity index (χ2v) is 6.33. The van der Waals surface area contributed by atoms with Gasteiger partial charge in [-0.15, -0.1) is 0 Å². The van der Waals surface area contributed by atoms with Crippen LogP contribution in [0.3, 0.4) is 0 Å². The Labute approximate surface area is 150 Å². The van der Waals surface area contributed by atoms with Crippen molar-refractivity contribution >= 4 is 17.3 Å². The lowest BCUT2D eigenvalue weighted by atomic mass is 10.1. The van der Waals surface area contributed by atoms with Crippen LogP contribution in [0.25, 0.3) is 0 Å². The van der Waals surface area contributed by atoms with Gasteiger partial charge < -0.3 is 15.5 Å². The zero-order valence-corrected chi connectivity index (χ0v) is 14.4. The molecular formula is C19H20F3N3O. The van der Waals surface area contributed by atoms with Crippen molar-refractivity contribution < 1.29 is 18.0 Å². The van der Waals surface area contributed by atoms with E-state index in [0.29, 0.717) is 5.56 Å². The minimum absolute atomic E-state index is 0.120. The highest BCUT2D eigenvalue weighted by molar-refractivity contribution is 6.05. The van der Waals surface area contributed by atoms with Gasteiger partial charge >= 0.3 is 6.18 Å². The quantitative estimate of drug-likeness (QED) is 0.875. The molecular weight excluding hydrogens is 343 g/mol. The van der Waals surface area contributed by atoms with Crippen molar-refractivity contribution in [3.63, 3.8) is 0 Å². The van der Waals surface area contributed by atoms with Gasteiger partial charge in [0.15, 0.2) is 0 Å². The van der Waals surface area contributed by atoms with Crippen LogP contribution in [0.2, 0.25) is 0 Å². The van der Waals surface area contributed by atoms with Crippen molar-refractivity contribution in [2.24, 2.45) is 0 Å². The molecule has 2 aromatic carbocycles. The summed E-state index contributed by atoms with van der Waals surface area (Å²) in [6.07, 6.45) is -4.44. The maximum Gasteiger partial charge on any atom is 0.416 e. The molecule has 1 saturated heterocycles. The van der Waals surface area contributed by atoms with E-state index in [4.69, 9.17) is 0 Å². The van der Waals surface area contributed by atoms with Gasteiger partial charge in [0.25, 0.3) is 5.91 Å². The van der Waals surface area contributed by atoms with E-state index < -0.39 is 17.6 Å². The van der Waals surface area contributed by atoms with E-state index >= 15 is 0 Å². The van der Waals surface area contributed by atoms with Crippen LogP contribution in [0, 0.1) is 6.92 Å². The first-order chi connectivity index (χ1) is 12.3. The number of piperazine rings is 1. The Kier molecular flexibility index (Phi) is 5.18. The van der Waals surface area contributed by atoms with Crippen LogP contribution in [-0.4, -0.2) is 32.1 Å². The Morgan fingerprint density at radius 3 is 2.54 bits per heavy atom. The summed E-state index contributed by atoms with van der Waals surface area (Å²) in [6, 6.07) is 10.2. The lowest BCUT2D eigenvalue weighted by Gasteiger charge is -2.30. The van der Waals surface area contributed by atoms with Gasteiger partial charge in [0.05, 0.1) is 5.56 Å². The molecule has 3 rings (SSSR count). The van der Waals surface area contributed by atoms with Crippen LogP contribution < -0.4 is 15.5 Å². The van der Waals surface area contributed by atoms with Crippen LogP contribution in [0.4, 0.5) is 24.5 Å². The number of aryl methyl sites for hydroxylation is 1. The third kappa shape index (κ3) is 4.35. The average Bonchev–Trinajstić information content (AvgIpc) is 2.61. The van der Waals surface area contributed by atoms with Crippen molar-refractivity contribution in [3.8, 4) is 0 Å². The highest BCUT2D eigenvalue weighted by Gasteiger charge is 2.30. The molecule has 4 nitrogen and oxygen atoms in total. The lowest BCUT2D eigenvalue weighted by Crippen LogP contribution is -2.43. The Morgan fingerprint density at radius 2 is 1.85 bits per heavy atom. The van der Waals surface area contributed by atoms with Crippen LogP contribution in [0.5, 0.6) is 0 Å². The largest absolute Gasteiger partial charge is 0.416 e. The number of alkyl halides is 3. The fourth-order valence-corrected chi connectivity index (χ4v) is 2.98. The molecule has 1 amide bonds. The number of benzene rings is 2. The summed E-state index contributed by atoms with van der Waals surface area (Å²) in [4.78, 5) is 14.7. The molecule has 0 bridgehead atoms. The van der Waals surface area contributed by atoms with E-state index in [9.17, 15) is 18.0 Å². The monoisotopic (exact) mass is 363 g/mol. The van der Waals surface area contributed by atoms with Crippen LogP contribution in [0.1, 0.15) is 21.5 Å². The summed E-state index contributed by atoms with van der Waals surface area (Å²) in [5.74, 6) is -0.426. The van der Waals surface area contributed by atoms with Crippen molar-refractivity contribution in [2.75, 3.05) is 36.4 Å². The third-order valence-corrected chi connectivity index (χ3v) is 4.25. The number of nitrogens with zero attached hydrogens (tertiary/aromatic N) is 1. The molecule has 0 radical (unpaired) electrons. The zero-order valence-electron chi connectivity index (χ0n) is 14.4. The molecule has 2 aromatic rings. The van der Waals surface area contributed by atoms with E-state index in [1.807, 2.05) is 13.0 Å². The van der Waals surface area contributed by atoms with Gasteiger partial charge in [-0.3, -0.25) is 4.79 Å².